The Hall–Kier alpha value is -2.97. The van der Waals surface area contributed by atoms with Crippen LogP contribution in [0.3, 0.4) is 0 Å². The Balaban J connectivity index is 2.63. The highest BCUT2D eigenvalue weighted by Crippen LogP contribution is 2.21. The van der Waals surface area contributed by atoms with Gasteiger partial charge in [0, 0.05) is 0 Å². The number of methoxy groups -OCH3 is 1. The molecule has 9 heteroatoms. The van der Waals surface area contributed by atoms with E-state index >= 15 is 0 Å². The van der Waals surface area contributed by atoms with Crippen molar-refractivity contribution in [2.24, 2.45) is 5.73 Å². The molecule has 0 heterocycles. The molecule has 114 valence electrons. The molecule has 0 bridgehead atoms. The number of aromatic carboxylic acids is 1. The highest BCUT2D eigenvalue weighted by Gasteiger charge is 2.13. The number of rotatable bonds is 6. The summed E-state index contributed by atoms with van der Waals surface area (Å²) in [6.45, 7) is -0.0511. The molecule has 0 saturated heterocycles. The van der Waals surface area contributed by atoms with E-state index < -0.39 is 18.1 Å². The summed E-state index contributed by atoms with van der Waals surface area (Å²) in [5.41, 5.74) is 4.74. The fourth-order valence-corrected chi connectivity index (χ4v) is 1.42. The number of carboxylic acids is 1. The number of amides is 3. The Morgan fingerprint density at radius 1 is 1.33 bits per heavy atom. The van der Waals surface area contributed by atoms with Crippen molar-refractivity contribution < 1.29 is 29.0 Å². The van der Waals surface area contributed by atoms with E-state index in [2.05, 4.69) is 15.4 Å². The first-order chi connectivity index (χ1) is 9.93. The maximum Gasteiger partial charge on any atom is 0.404 e. The number of nitrogens with one attached hydrogen (secondary N) is 2. The van der Waals surface area contributed by atoms with Crippen LogP contribution in [0, 0.1) is 0 Å². The van der Waals surface area contributed by atoms with Gasteiger partial charge in [0.15, 0.2) is 0 Å². The highest BCUT2D eigenvalue weighted by atomic mass is 16.5. The molecule has 0 aromatic heterocycles. The lowest BCUT2D eigenvalue weighted by atomic mass is 10.1. The molecule has 0 fully saturated rings. The van der Waals surface area contributed by atoms with Crippen molar-refractivity contribution in [2.75, 3.05) is 25.6 Å². The Morgan fingerprint density at radius 2 is 2.05 bits per heavy atom. The van der Waals surface area contributed by atoms with Crippen LogP contribution in [0.4, 0.5) is 15.3 Å². The number of carbonyl (C=O) groups excluding carboxylic acids is 2. The zero-order valence-corrected chi connectivity index (χ0v) is 11.2. The van der Waals surface area contributed by atoms with Gasteiger partial charge in [0.25, 0.3) is 0 Å². The Bertz CT molecular complexity index is 546. The maximum atomic E-state index is 11.6. The number of carbonyl (C=O) groups is 3. The molecule has 0 spiro atoms. The standard InChI is InChI=1S/C12H15N3O6/c1-20-7-2-3-9(8(6-7)10(16)17)15-12(19)14-4-5-21-11(13)18/h2-3,6H,4-5H2,1H3,(H2,13,18)(H,16,17)(H2,14,15,19). The topological polar surface area (TPSA) is 140 Å². The minimum Gasteiger partial charge on any atom is -0.497 e. The number of hydrogen-bond donors (Lipinski definition) is 4. The van der Waals surface area contributed by atoms with Crippen molar-refractivity contribution in [3.8, 4) is 5.75 Å². The molecular formula is C12H15N3O6. The van der Waals surface area contributed by atoms with Gasteiger partial charge in [-0.05, 0) is 18.2 Å². The number of nitrogens with two attached hydrogens (primary N) is 1. The Morgan fingerprint density at radius 3 is 2.62 bits per heavy atom. The summed E-state index contributed by atoms with van der Waals surface area (Å²) in [6.07, 6.45) is -0.944. The fourth-order valence-electron chi connectivity index (χ4n) is 1.42. The van der Waals surface area contributed by atoms with E-state index in [-0.39, 0.29) is 24.4 Å². The number of urea groups is 1. The smallest absolute Gasteiger partial charge is 0.404 e. The van der Waals surface area contributed by atoms with Crippen molar-refractivity contribution in [1.29, 1.82) is 0 Å². The number of ether oxygens (including phenoxy) is 2. The number of primary amides is 1. The largest absolute Gasteiger partial charge is 0.497 e. The highest BCUT2D eigenvalue weighted by molar-refractivity contribution is 6.00. The molecule has 0 aliphatic heterocycles. The van der Waals surface area contributed by atoms with Gasteiger partial charge in [-0.3, -0.25) is 0 Å². The van der Waals surface area contributed by atoms with Crippen LogP contribution >= 0.6 is 0 Å². The quantitative estimate of drug-likeness (QED) is 0.567. The van der Waals surface area contributed by atoms with E-state index in [1.165, 1.54) is 25.3 Å². The molecule has 0 atom stereocenters. The van der Waals surface area contributed by atoms with Gasteiger partial charge in [-0.25, -0.2) is 14.4 Å². The van der Waals surface area contributed by atoms with Crippen molar-refractivity contribution in [3.63, 3.8) is 0 Å². The summed E-state index contributed by atoms with van der Waals surface area (Å²) in [5.74, 6) is -0.852. The summed E-state index contributed by atoms with van der Waals surface area (Å²) in [4.78, 5) is 33.0. The lowest BCUT2D eigenvalue weighted by Crippen LogP contribution is -2.33. The summed E-state index contributed by atoms with van der Waals surface area (Å²) in [7, 11) is 1.40. The third kappa shape index (κ3) is 5.27. The van der Waals surface area contributed by atoms with Crippen molar-refractivity contribution in [2.45, 2.75) is 0 Å². The molecule has 1 aromatic carbocycles. The number of hydrogen-bond acceptors (Lipinski definition) is 5. The lowest BCUT2D eigenvalue weighted by Gasteiger charge is -2.11. The Kier molecular flexibility index (Phi) is 5.80. The predicted molar refractivity (Wildman–Crippen MR) is 72.5 cm³/mol. The zero-order chi connectivity index (χ0) is 15.8. The van der Waals surface area contributed by atoms with Gasteiger partial charge in [-0.15, -0.1) is 0 Å². The van der Waals surface area contributed by atoms with E-state index in [0.29, 0.717) is 5.75 Å². The van der Waals surface area contributed by atoms with Crippen molar-refractivity contribution in [1.82, 2.24) is 5.32 Å². The third-order valence-electron chi connectivity index (χ3n) is 2.34. The molecule has 0 unspecified atom stereocenters. The van der Waals surface area contributed by atoms with E-state index in [9.17, 15) is 14.4 Å². The molecular weight excluding hydrogens is 282 g/mol. The summed E-state index contributed by atoms with van der Waals surface area (Å²) in [6, 6.07) is 3.56. The first kappa shape index (κ1) is 16.1. The summed E-state index contributed by atoms with van der Waals surface area (Å²) < 4.78 is 9.34. The second-order valence-electron chi connectivity index (χ2n) is 3.77. The molecule has 0 radical (unpaired) electrons. The van der Waals surface area contributed by atoms with E-state index in [1.54, 1.807) is 0 Å². The molecule has 1 aromatic rings. The van der Waals surface area contributed by atoms with Crippen LogP contribution in [-0.2, 0) is 4.74 Å². The minimum absolute atomic E-state index is 0.0351. The second-order valence-corrected chi connectivity index (χ2v) is 3.77. The van der Waals surface area contributed by atoms with Crippen LogP contribution in [-0.4, -0.2) is 43.5 Å². The monoisotopic (exact) mass is 297 g/mol. The van der Waals surface area contributed by atoms with Gasteiger partial charge < -0.3 is 30.9 Å². The summed E-state index contributed by atoms with van der Waals surface area (Å²) in [5, 5.41) is 13.8. The van der Waals surface area contributed by atoms with Gasteiger partial charge in [-0.2, -0.15) is 0 Å². The van der Waals surface area contributed by atoms with Crippen molar-refractivity contribution in [3.05, 3.63) is 23.8 Å². The SMILES string of the molecule is COc1ccc(NC(=O)NCCOC(N)=O)c(C(=O)O)c1. The zero-order valence-electron chi connectivity index (χ0n) is 11.2. The Labute approximate surface area is 120 Å². The van der Waals surface area contributed by atoms with Crippen LogP contribution in [0.2, 0.25) is 0 Å². The average Bonchev–Trinajstić information content (AvgIpc) is 2.43. The van der Waals surface area contributed by atoms with Crippen LogP contribution in [0.5, 0.6) is 5.75 Å². The van der Waals surface area contributed by atoms with Gasteiger partial charge in [0.2, 0.25) is 0 Å². The normalized spacial score (nSPS) is 9.57. The van der Waals surface area contributed by atoms with Gasteiger partial charge >= 0.3 is 18.1 Å². The van der Waals surface area contributed by atoms with Gasteiger partial charge in [0.1, 0.15) is 12.4 Å². The number of benzene rings is 1. The molecule has 0 aliphatic carbocycles. The van der Waals surface area contributed by atoms with Crippen LogP contribution in [0.1, 0.15) is 10.4 Å². The second kappa shape index (κ2) is 7.58. The van der Waals surface area contributed by atoms with E-state index in [4.69, 9.17) is 15.6 Å². The maximum absolute atomic E-state index is 11.6. The van der Waals surface area contributed by atoms with Crippen LogP contribution < -0.4 is 21.1 Å². The van der Waals surface area contributed by atoms with Crippen molar-refractivity contribution >= 4 is 23.8 Å². The molecule has 0 aliphatic rings. The third-order valence-corrected chi connectivity index (χ3v) is 2.34. The van der Waals surface area contributed by atoms with Crippen LogP contribution in [0.25, 0.3) is 0 Å². The molecule has 5 N–H and O–H groups in total. The molecule has 21 heavy (non-hydrogen) atoms. The van der Waals surface area contributed by atoms with Gasteiger partial charge in [-0.1, -0.05) is 0 Å². The van der Waals surface area contributed by atoms with Gasteiger partial charge in [0.05, 0.1) is 24.9 Å². The first-order valence-corrected chi connectivity index (χ1v) is 5.82. The fraction of sp³-hybridized carbons (Fsp3) is 0.250. The minimum atomic E-state index is -1.21. The van der Waals surface area contributed by atoms with E-state index in [0.717, 1.165) is 0 Å². The predicted octanol–water partition coefficient (Wildman–Crippen LogP) is 0.610. The van der Waals surface area contributed by atoms with E-state index in [1.807, 2.05) is 0 Å². The molecule has 3 amide bonds. The molecule has 9 nitrogen and oxygen atoms in total. The lowest BCUT2D eigenvalue weighted by molar-refractivity contribution is 0.0697. The first-order valence-electron chi connectivity index (χ1n) is 5.82. The molecule has 0 saturated carbocycles. The van der Waals surface area contributed by atoms with Crippen LogP contribution in [0.15, 0.2) is 18.2 Å². The average molecular weight is 297 g/mol. The molecule has 1 rings (SSSR count). The number of anilines is 1. The number of carboxylic acid groups (broad SMARTS) is 1. The summed E-state index contributed by atoms with van der Waals surface area (Å²) >= 11 is 0.